The molecule has 0 aliphatic carbocycles. The predicted octanol–water partition coefficient (Wildman–Crippen LogP) is 24.3. The summed E-state index contributed by atoms with van der Waals surface area (Å²) in [4.78, 5) is 38.3. The molecule has 0 bridgehead atoms. The average molecular weight is 1150 g/mol. The molecule has 0 rings (SSSR count). The molecule has 474 valence electrons. The molecule has 0 heterocycles. The zero-order chi connectivity index (χ0) is 59.9. The van der Waals surface area contributed by atoms with E-state index in [1.54, 1.807) is 0 Å². The van der Waals surface area contributed by atoms with Crippen LogP contribution in [0.25, 0.3) is 0 Å². The Balaban J connectivity index is 4.25. The summed E-state index contributed by atoms with van der Waals surface area (Å²) in [6.45, 7) is 6.47. The minimum Gasteiger partial charge on any atom is -0.462 e. The molecule has 0 aliphatic heterocycles. The third-order valence-corrected chi connectivity index (χ3v) is 14.9. The fourth-order valence-electron chi connectivity index (χ4n) is 9.73. The van der Waals surface area contributed by atoms with Gasteiger partial charge in [-0.05, 0) is 109 Å². The van der Waals surface area contributed by atoms with Crippen LogP contribution in [0.4, 0.5) is 0 Å². The maximum atomic E-state index is 12.9. The predicted molar refractivity (Wildman–Crippen MR) is 362 cm³/mol. The van der Waals surface area contributed by atoms with Gasteiger partial charge in [0, 0.05) is 19.3 Å². The van der Waals surface area contributed by atoms with Crippen molar-refractivity contribution >= 4 is 17.9 Å². The molecule has 0 amide bonds. The Kier molecular flexibility index (Phi) is 66.7. The molecule has 1 atom stereocenters. The summed E-state index contributed by atoms with van der Waals surface area (Å²) in [5, 5.41) is 0. The molecule has 0 fully saturated rings. The molecule has 0 radical (unpaired) electrons. The van der Waals surface area contributed by atoms with Crippen LogP contribution in [0.15, 0.2) is 122 Å². The van der Waals surface area contributed by atoms with E-state index in [2.05, 4.69) is 142 Å². The lowest BCUT2D eigenvalue weighted by Gasteiger charge is -2.18. The normalized spacial score (nSPS) is 12.9. The summed E-state index contributed by atoms with van der Waals surface area (Å²) in [5.74, 6) is -0.907. The van der Waals surface area contributed by atoms with Crippen LogP contribution < -0.4 is 0 Å². The summed E-state index contributed by atoms with van der Waals surface area (Å²) >= 11 is 0. The fraction of sp³-hybridized carbons (Fsp3) is 0.701. The standard InChI is InChI=1S/C77H130O6/c1-4-7-10-13-16-19-22-24-26-28-30-32-34-35-36-37-38-39-40-41-42-43-44-46-47-49-51-53-55-58-61-64-67-70-76(79)82-73-74(72-81-75(78)69-66-63-60-57-21-18-15-12-9-6-3)83-77(80)71-68-65-62-59-56-54-52-50-48-45-33-31-29-27-25-23-20-17-14-11-8-5-2/h7,10,12,15-16,19,24,26,30,32,35-36,38-39,41-42,44,46,49,51,74H,4-6,8-9,11,13-14,17-18,20-23,25,27-29,31,33-34,37,40,43,45,47-48,50,52-73H2,1-3H3/b10-7-,15-12-,19-16-,26-24-,32-30-,36-35-,39-38-,42-41-,46-44-,51-49-. The van der Waals surface area contributed by atoms with Crippen molar-refractivity contribution in [2.24, 2.45) is 0 Å². The van der Waals surface area contributed by atoms with Gasteiger partial charge in [0.1, 0.15) is 13.2 Å². The second kappa shape index (κ2) is 70.3. The second-order valence-electron chi connectivity index (χ2n) is 23.1. The first-order chi connectivity index (χ1) is 41.0. The molecule has 6 heteroatoms. The lowest BCUT2D eigenvalue weighted by molar-refractivity contribution is -0.167. The van der Waals surface area contributed by atoms with Crippen molar-refractivity contribution in [3.05, 3.63) is 122 Å². The van der Waals surface area contributed by atoms with E-state index in [1.165, 1.54) is 135 Å². The van der Waals surface area contributed by atoms with Gasteiger partial charge in [0.25, 0.3) is 0 Å². The number of carbonyl (C=O) groups is 3. The molecule has 6 nitrogen and oxygen atoms in total. The van der Waals surface area contributed by atoms with Gasteiger partial charge in [-0.2, -0.15) is 0 Å². The van der Waals surface area contributed by atoms with E-state index in [-0.39, 0.29) is 31.1 Å². The van der Waals surface area contributed by atoms with Crippen LogP contribution in [0.5, 0.6) is 0 Å². The Hall–Kier alpha value is -4.19. The lowest BCUT2D eigenvalue weighted by Crippen LogP contribution is -2.30. The molecular weight excluding hydrogens is 1020 g/mol. The highest BCUT2D eigenvalue weighted by atomic mass is 16.6. The Bertz CT molecular complexity index is 1700. The van der Waals surface area contributed by atoms with Crippen LogP contribution in [0.2, 0.25) is 0 Å². The largest absolute Gasteiger partial charge is 0.462 e. The van der Waals surface area contributed by atoms with Crippen molar-refractivity contribution in [2.75, 3.05) is 13.2 Å². The highest BCUT2D eigenvalue weighted by Crippen LogP contribution is 2.17. The zero-order valence-electron chi connectivity index (χ0n) is 54.4. The lowest BCUT2D eigenvalue weighted by atomic mass is 10.0. The number of hydrogen-bond donors (Lipinski definition) is 0. The van der Waals surface area contributed by atoms with Crippen molar-refractivity contribution < 1.29 is 28.6 Å². The van der Waals surface area contributed by atoms with Crippen molar-refractivity contribution in [1.82, 2.24) is 0 Å². The van der Waals surface area contributed by atoms with E-state index < -0.39 is 6.10 Å². The van der Waals surface area contributed by atoms with Crippen molar-refractivity contribution in [2.45, 2.75) is 335 Å². The van der Waals surface area contributed by atoms with Crippen molar-refractivity contribution in [3.8, 4) is 0 Å². The average Bonchev–Trinajstić information content (AvgIpc) is 3.49. The van der Waals surface area contributed by atoms with Gasteiger partial charge in [-0.15, -0.1) is 0 Å². The van der Waals surface area contributed by atoms with Gasteiger partial charge >= 0.3 is 17.9 Å². The first-order valence-corrected chi connectivity index (χ1v) is 35.0. The van der Waals surface area contributed by atoms with Gasteiger partial charge in [0.15, 0.2) is 6.10 Å². The first kappa shape index (κ1) is 78.8. The quantitative estimate of drug-likeness (QED) is 0.0261. The number of allylic oxidation sites excluding steroid dienone is 20. The van der Waals surface area contributed by atoms with E-state index in [9.17, 15) is 14.4 Å². The third-order valence-electron chi connectivity index (χ3n) is 14.9. The summed E-state index contributed by atoms with van der Waals surface area (Å²) < 4.78 is 16.9. The number of rotatable bonds is 63. The van der Waals surface area contributed by atoms with Crippen LogP contribution in [0.1, 0.15) is 329 Å². The molecule has 0 saturated carbocycles. The first-order valence-electron chi connectivity index (χ1n) is 35.0. The van der Waals surface area contributed by atoms with Gasteiger partial charge in [0.05, 0.1) is 0 Å². The molecule has 0 aromatic carbocycles. The Labute approximate surface area is 513 Å². The van der Waals surface area contributed by atoms with Gasteiger partial charge in [-0.3, -0.25) is 14.4 Å². The number of esters is 3. The van der Waals surface area contributed by atoms with E-state index in [0.29, 0.717) is 19.3 Å². The molecular formula is C77H130O6. The van der Waals surface area contributed by atoms with E-state index in [0.717, 1.165) is 154 Å². The van der Waals surface area contributed by atoms with Crippen LogP contribution >= 0.6 is 0 Å². The Morgan fingerprint density at radius 3 is 0.795 bits per heavy atom. The monoisotopic (exact) mass is 1150 g/mol. The summed E-state index contributed by atoms with van der Waals surface area (Å²) in [6, 6.07) is 0. The highest BCUT2D eigenvalue weighted by molar-refractivity contribution is 5.71. The number of hydrogen-bond acceptors (Lipinski definition) is 6. The second-order valence-corrected chi connectivity index (χ2v) is 23.1. The molecule has 0 spiro atoms. The molecule has 83 heavy (non-hydrogen) atoms. The van der Waals surface area contributed by atoms with Crippen LogP contribution in [-0.4, -0.2) is 37.2 Å². The van der Waals surface area contributed by atoms with E-state index >= 15 is 0 Å². The third kappa shape index (κ3) is 68.5. The molecule has 0 aliphatic rings. The summed E-state index contributed by atoms with van der Waals surface area (Å²) in [5.41, 5.74) is 0. The minimum absolute atomic E-state index is 0.0876. The Morgan fingerprint density at radius 2 is 0.494 bits per heavy atom. The van der Waals surface area contributed by atoms with Gasteiger partial charge in [0.2, 0.25) is 0 Å². The molecule has 0 aromatic rings. The molecule has 0 aromatic heterocycles. The van der Waals surface area contributed by atoms with Gasteiger partial charge in [-0.25, -0.2) is 0 Å². The zero-order valence-corrected chi connectivity index (χ0v) is 54.4. The summed E-state index contributed by atoms with van der Waals surface area (Å²) in [6.07, 6.45) is 98.0. The van der Waals surface area contributed by atoms with Crippen LogP contribution in [0, 0.1) is 0 Å². The fourth-order valence-corrected chi connectivity index (χ4v) is 9.73. The molecule has 1 unspecified atom stereocenters. The SMILES string of the molecule is CC/C=C\C/C=C\C/C=C\C/C=C\C/C=C\C/C=C\C/C=C\C/C=C\C/C=C\CCCCCCCC(=O)OCC(COC(=O)CCCCCCC/C=C\CCC)OC(=O)CCCCCCCCCCCCCCCCCCCCCCCC. The maximum Gasteiger partial charge on any atom is 0.306 e. The minimum atomic E-state index is -0.791. The van der Waals surface area contributed by atoms with Crippen LogP contribution in [0.3, 0.4) is 0 Å². The number of carbonyl (C=O) groups excluding carboxylic acids is 3. The maximum absolute atomic E-state index is 12.9. The van der Waals surface area contributed by atoms with Crippen molar-refractivity contribution in [1.29, 1.82) is 0 Å². The van der Waals surface area contributed by atoms with Crippen molar-refractivity contribution in [3.63, 3.8) is 0 Å². The summed E-state index contributed by atoms with van der Waals surface area (Å²) in [7, 11) is 0. The topological polar surface area (TPSA) is 78.9 Å². The Morgan fingerprint density at radius 1 is 0.253 bits per heavy atom. The smallest absolute Gasteiger partial charge is 0.306 e. The van der Waals surface area contributed by atoms with Crippen LogP contribution in [-0.2, 0) is 28.6 Å². The molecule has 0 N–H and O–H groups in total. The molecule has 0 saturated heterocycles. The highest BCUT2D eigenvalue weighted by Gasteiger charge is 2.19. The van der Waals surface area contributed by atoms with E-state index in [4.69, 9.17) is 14.2 Å². The number of ether oxygens (including phenoxy) is 3. The number of unbranched alkanes of at least 4 members (excludes halogenated alkanes) is 32. The van der Waals surface area contributed by atoms with Gasteiger partial charge in [-0.1, -0.05) is 322 Å². The van der Waals surface area contributed by atoms with Gasteiger partial charge < -0.3 is 14.2 Å². The van der Waals surface area contributed by atoms with E-state index in [1.807, 2.05) is 0 Å².